The molecule has 0 aliphatic rings. The Morgan fingerprint density at radius 2 is 1.38 bits per heavy atom. The Labute approximate surface area is 130 Å². The molecule has 0 rings (SSSR count). The van der Waals surface area contributed by atoms with Gasteiger partial charge in [-0.2, -0.15) is 0 Å². The maximum atomic E-state index is 10.9. The molecule has 0 bridgehead atoms. The monoisotopic (exact) mass is 292 g/mol. The Hall–Kier alpha value is -1.57. The zero-order valence-corrected chi connectivity index (χ0v) is 13.6. The summed E-state index contributed by atoms with van der Waals surface area (Å²) in [6.45, 7) is 2.13. The van der Waals surface area contributed by atoms with Crippen LogP contribution in [0.1, 0.15) is 58.3 Å². The van der Waals surface area contributed by atoms with Crippen LogP contribution in [0.3, 0.4) is 0 Å². The van der Waals surface area contributed by atoms with E-state index >= 15 is 0 Å². The number of allylic oxidation sites excluding steroid dienone is 8. The van der Waals surface area contributed by atoms with Crippen LogP contribution in [-0.2, 0) is 9.53 Å². The Balaban J connectivity index is 3.36. The van der Waals surface area contributed by atoms with Gasteiger partial charge in [0.05, 0.1) is 7.11 Å². The predicted octanol–water partition coefficient (Wildman–Crippen LogP) is 5.52. The van der Waals surface area contributed by atoms with E-state index in [1.807, 2.05) is 18.2 Å². The third-order valence-electron chi connectivity index (χ3n) is 3.04. The average Bonchev–Trinajstić information content (AvgIpc) is 2.50. The fraction of sp³-hybridized carbons (Fsp3) is 0.526. The van der Waals surface area contributed by atoms with E-state index in [4.69, 9.17) is 0 Å². The summed E-state index contributed by atoms with van der Waals surface area (Å²) in [6.07, 6.45) is 25.2. The molecule has 0 aromatic carbocycles. The minimum atomic E-state index is -0.0936. The van der Waals surface area contributed by atoms with Gasteiger partial charge in [-0.1, -0.05) is 74.8 Å². The van der Waals surface area contributed by atoms with E-state index < -0.39 is 0 Å². The van der Waals surface area contributed by atoms with Gasteiger partial charge in [0.2, 0.25) is 0 Å². The van der Waals surface area contributed by atoms with Crippen LogP contribution in [0.15, 0.2) is 48.6 Å². The smallest absolute Gasteiger partial charge is 0.305 e. The summed E-state index contributed by atoms with van der Waals surface area (Å²) in [6, 6.07) is 0. The van der Waals surface area contributed by atoms with Crippen molar-refractivity contribution in [2.75, 3.05) is 7.11 Å². The summed E-state index contributed by atoms with van der Waals surface area (Å²) in [4.78, 5) is 10.9. The van der Waals surface area contributed by atoms with Gasteiger partial charge in [-0.15, -0.1) is 0 Å². The zero-order valence-electron chi connectivity index (χ0n) is 13.6. The number of carbonyl (C=O) groups is 1. The lowest BCUT2D eigenvalue weighted by Gasteiger charge is -1.99. The lowest BCUT2D eigenvalue weighted by molar-refractivity contribution is -0.140. The fourth-order valence-corrected chi connectivity index (χ4v) is 1.81. The molecule has 2 heteroatoms. The molecule has 0 N–H and O–H groups in total. The van der Waals surface area contributed by atoms with Crippen LogP contribution in [0.4, 0.5) is 0 Å². The van der Waals surface area contributed by atoms with Gasteiger partial charge in [-0.05, 0) is 25.7 Å². The lowest BCUT2D eigenvalue weighted by atomic mass is 10.1. The van der Waals surface area contributed by atoms with Crippen molar-refractivity contribution < 1.29 is 9.53 Å². The minimum Gasteiger partial charge on any atom is -0.469 e. The highest BCUT2D eigenvalue weighted by molar-refractivity contribution is 5.68. The van der Waals surface area contributed by atoms with Crippen molar-refractivity contribution in [3.8, 4) is 0 Å². The average molecular weight is 292 g/mol. The van der Waals surface area contributed by atoms with E-state index in [0.717, 1.165) is 25.7 Å². The molecule has 0 aromatic rings. The fourth-order valence-electron chi connectivity index (χ4n) is 1.81. The highest BCUT2D eigenvalue weighted by atomic mass is 16.7. The van der Waals surface area contributed by atoms with E-state index in [2.05, 4.69) is 42.0 Å². The van der Waals surface area contributed by atoms with Crippen LogP contribution in [0, 0.1) is 0 Å². The first kappa shape index (κ1) is 19.4. The maximum absolute atomic E-state index is 10.9. The standard InChI is InChI=1S/C19H30O2/c1-3-4-5-6-7-8-9-10-11-12-13-14-15-16-17-18-19(20)21-2/h4-11H,3,12-18H2,1-2H3/b5-4+,7-6+,9-8+,11-10-/i19+2. The highest BCUT2D eigenvalue weighted by Crippen LogP contribution is 2.08. The van der Waals surface area contributed by atoms with Gasteiger partial charge in [0, 0.05) is 6.42 Å². The van der Waals surface area contributed by atoms with Gasteiger partial charge >= 0.3 is 5.97 Å². The van der Waals surface area contributed by atoms with Crippen molar-refractivity contribution in [2.45, 2.75) is 58.3 Å². The SMILES string of the molecule is CC/C=C/C=C/C=C/C=C\CCCCCCC[14C](=O)OC. The van der Waals surface area contributed by atoms with E-state index in [-0.39, 0.29) is 5.97 Å². The van der Waals surface area contributed by atoms with Crippen LogP contribution in [0.2, 0.25) is 0 Å². The number of ether oxygens (including phenoxy) is 1. The predicted molar refractivity (Wildman–Crippen MR) is 91.2 cm³/mol. The molecule has 0 aromatic heterocycles. The molecule has 0 heterocycles. The first-order valence-electron chi connectivity index (χ1n) is 8.03. The van der Waals surface area contributed by atoms with Crippen molar-refractivity contribution in [3.63, 3.8) is 0 Å². The zero-order chi connectivity index (χ0) is 15.6. The van der Waals surface area contributed by atoms with Gasteiger partial charge in [0.25, 0.3) is 0 Å². The molecule has 0 fully saturated rings. The van der Waals surface area contributed by atoms with Crippen molar-refractivity contribution in [1.82, 2.24) is 0 Å². The third kappa shape index (κ3) is 16.4. The topological polar surface area (TPSA) is 26.3 Å². The lowest BCUT2D eigenvalue weighted by Crippen LogP contribution is -1.98. The van der Waals surface area contributed by atoms with Crippen LogP contribution in [-0.4, -0.2) is 13.1 Å². The number of rotatable bonds is 12. The summed E-state index contributed by atoms with van der Waals surface area (Å²) in [5.74, 6) is -0.0936. The van der Waals surface area contributed by atoms with E-state index in [9.17, 15) is 4.79 Å². The van der Waals surface area contributed by atoms with E-state index in [0.29, 0.717) is 6.42 Å². The highest BCUT2D eigenvalue weighted by Gasteiger charge is 1.98. The molecule has 0 aliphatic carbocycles. The maximum Gasteiger partial charge on any atom is 0.305 e. The third-order valence-corrected chi connectivity index (χ3v) is 3.04. The summed E-state index contributed by atoms with van der Waals surface area (Å²) >= 11 is 0. The number of hydrogen-bond donors (Lipinski definition) is 0. The summed E-state index contributed by atoms with van der Waals surface area (Å²) in [5.41, 5.74) is 0. The second kappa shape index (κ2) is 16.5. The minimum absolute atomic E-state index is 0.0936. The molecule has 21 heavy (non-hydrogen) atoms. The van der Waals surface area contributed by atoms with Crippen LogP contribution < -0.4 is 0 Å². The molecule has 0 saturated heterocycles. The first-order chi connectivity index (χ1) is 10.3. The van der Waals surface area contributed by atoms with E-state index in [1.165, 1.54) is 26.4 Å². The Morgan fingerprint density at radius 3 is 2.05 bits per heavy atom. The van der Waals surface area contributed by atoms with Gasteiger partial charge in [-0.3, -0.25) is 4.79 Å². The van der Waals surface area contributed by atoms with Crippen LogP contribution in [0.5, 0.6) is 0 Å². The van der Waals surface area contributed by atoms with Crippen LogP contribution >= 0.6 is 0 Å². The molecule has 0 unspecified atom stereocenters. The molecule has 0 aliphatic heterocycles. The Morgan fingerprint density at radius 1 is 0.810 bits per heavy atom. The molecule has 0 spiro atoms. The number of carbonyl (C=O) groups excluding carboxylic acids is 1. The summed E-state index contributed by atoms with van der Waals surface area (Å²) in [7, 11) is 1.45. The molecule has 0 radical (unpaired) electrons. The van der Waals surface area contributed by atoms with Gasteiger partial charge in [-0.25, -0.2) is 0 Å². The van der Waals surface area contributed by atoms with Crippen molar-refractivity contribution >= 4 is 5.97 Å². The molecule has 2 nitrogen and oxygen atoms in total. The number of hydrogen-bond acceptors (Lipinski definition) is 2. The van der Waals surface area contributed by atoms with Gasteiger partial charge in [0.1, 0.15) is 0 Å². The number of esters is 1. The Kier molecular flexibility index (Phi) is 15.3. The first-order valence-corrected chi connectivity index (χ1v) is 8.03. The quantitative estimate of drug-likeness (QED) is 0.269. The van der Waals surface area contributed by atoms with Gasteiger partial charge in [0.15, 0.2) is 0 Å². The molecule has 0 saturated carbocycles. The Bertz CT molecular complexity index is 349. The van der Waals surface area contributed by atoms with Crippen LogP contribution in [0.25, 0.3) is 0 Å². The number of methoxy groups -OCH3 is 1. The summed E-state index contributed by atoms with van der Waals surface area (Å²) in [5, 5.41) is 0. The molecular formula is C19H30O2. The van der Waals surface area contributed by atoms with Gasteiger partial charge < -0.3 is 4.74 Å². The molecule has 0 amide bonds. The van der Waals surface area contributed by atoms with Crippen molar-refractivity contribution in [3.05, 3.63) is 48.6 Å². The number of unbranched alkanes of at least 4 members (excludes halogenated alkanes) is 5. The molecular weight excluding hydrogens is 262 g/mol. The van der Waals surface area contributed by atoms with E-state index in [1.54, 1.807) is 0 Å². The summed E-state index contributed by atoms with van der Waals surface area (Å²) < 4.78 is 4.61. The second-order valence-electron chi connectivity index (χ2n) is 4.92. The second-order valence-corrected chi connectivity index (χ2v) is 4.92. The molecule has 118 valence electrons. The van der Waals surface area contributed by atoms with Crippen molar-refractivity contribution in [1.29, 1.82) is 0 Å². The normalized spacial score (nSPS) is 12.3. The largest absolute Gasteiger partial charge is 0.469 e. The van der Waals surface area contributed by atoms with Crippen molar-refractivity contribution in [2.24, 2.45) is 0 Å². The molecule has 0 atom stereocenters.